The van der Waals surface area contributed by atoms with E-state index in [0.717, 1.165) is 11.6 Å². The minimum absolute atomic E-state index is 0.286. The molecule has 68 valence electrons. The Morgan fingerprint density at radius 2 is 2.00 bits per heavy atom. The first kappa shape index (κ1) is 9.45. The number of carboxylic acids is 1. The third-order valence-electron chi connectivity index (χ3n) is 1.53. The quantitative estimate of drug-likeness (QED) is 0.722. The highest BCUT2D eigenvalue weighted by Gasteiger charge is 1.91. The second-order valence-corrected chi connectivity index (χ2v) is 2.57. The molecule has 0 amide bonds. The van der Waals surface area contributed by atoms with Crippen LogP contribution in [-0.2, 0) is 11.2 Å². The zero-order chi connectivity index (χ0) is 9.68. The summed E-state index contributed by atoms with van der Waals surface area (Å²) in [5, 5.41) is 8.29. The second-order valence-electron chi connectivity index (χ2n) is 2.57. The topological polar surface area (TPSA) is 37.3 Å². The van der Waals surface area contributed by atoms with Gasteiger partial charge in [-0.05, 0) is 24.1 Å². The van der Waals surface area contributed by atoms with Gasteiger partial charge in [0.05, 0.1) is 0 Å². The van der Waals surface area contributed by atoms with E-state index in [4.69, 9.17) is 5.11 Å². The number of halogens is 1. The van der Waals surface area contributed by atoms with Crippen LogP contribution in [0.25, 0.3) is 0 Å². The molecule has 0 aliphatic carbocycles. The van der Waals surface area contributed by atoms with Crippen molar-refractivity contribution in [2.45, 2.75) is 6.42 Å². The normalized spacial score (nSPS) is 10.5. The molecule has 0 aliphatic rings. The van der Waals surface area contributed by atoms with Crippen LogP contribution in [0.3, 0.4) is 0 Å². The van der Waals surface area contributed by atoms with Crippen LogP contribution in [0, 0.1) is 5.82 Å². The lowest BCUT2D eigenvalue weighted by atomic mass is 10.1. The fraction of sp³-hybridized carbons (Fsp3) is 0.100. The molecule has 0 unspecified atom stereocenters. The summed E-state index contributed by atoms with van der Waals surface area (Å²) >= 11 is 0. The Labute approximate surface area is 75.3 Å². The summed E-state index contributed by atoms with van der Waals surface area (Å²) in [6.45, 7) is 0. The number of carbonyl (C=O) groups is 1. The van der Waals surface area contributed by atoms with Gasteiger partial charge in [-0.15, -0.1) is 0 Å². The van der Waals surface area contributed by atoms with E-state index in [9.17, 15) is 9.18 Å². The Kier molecular flexibility index (Phi) is 3.20. The van der Waals surface area contributed by atoms with E-state index in [2.05, 4.69) is 0 Å². The van der Waals surface area contributed by atoms with Gasteiger partial charge in [-0.3, -0.25) is 0 Å². The van der Waals surface area contributed by atoms with E-state index in [0.29, 0.717) is 6.42 Å². The summed E-state index contributed by atoms with van der Waals surface area (Å²) in [7, 11) is 0. The van der Waals surface area contributed by atoms with Crippen molar-refractivity contribution >= 4 is 5.97 Å². The predicted octanol–water partition coefficient (Wildman–Crippen LogP) is 2.01. The van der Waals surface area contributed by atoms with Gasteiger partial charge >= 0.3 is 5.97 Å². The standard InChI is InChI=1S/C10H9FO2/c11-9-6-4-8(5-7-9)2-1-3-10(12)13/h1,3-7H,2H2,(H,12,13)/b3-1+. The lowest BCUT2D eigenvalue weighted by Gasteiger charge is -1.94. The zero-order valence-electron chi connectivity index (χ0n) is 6.90. The number of allylic oxidation sites excluding steroid dienone is 1. The van der Waals surface area contributed by atoms with Crippen LogP contribution in [0.5, 0.6) is 0 Å². The molecule has 1 N–H and O–H groups in total. The van der Waals surface area contributed by atoms with Crippen LogP contribution in [0.4, 0.5) is 4.39 Å². The maximum Gasteiger partial charge on any atom is 0.327 e. The molecule has 0 saturated heterocycles. The Morgan fingerprint density at radius 3 is 2.54 bits per heavy atom. The average molecular weight is 180 g/mol. The molecule has 1 rings (SSSR count). The van der Waals surface area contributed by atoms with Crippen LogP contribution < -0.4 is 0 Å². The highest BCUT2D eigenvalue weighted by atomic mass is 19.1. The van der Waals surface area contributed by atoms with Crippen molar-refractivity contribution in [1.29, 1.82) is 0 Å². The van der Waals surface area contributed by atoms with Gasteiger partial charge in [0.1, 0.15) is 5.82 Å². The van der Waals surface area contributed by atoms with Gasteiger partial charge in [0.25, 0.3) is 0 Å². The molecule has 0 aliphatic heterocycles. The van der Waals surface area contributed by atoms with E-state index in [1.165, 1.54) is 18.2 Å². The minimum Gasteiger partial charge on any atom is -0.478 e. The molecule has 2 nitrogen and oxygen atoms in total. The van der Waals surface area contributed by atoms with E-state index >= 15 is 0 Å². The van der Waals surface area contributed by atoms with E-state index in [1.54, 1.807) is 12.1 Å². The van der Waals surface area contributed by atoms with Crippen molar-refractivity contribution in [2.75, 3.05) is 0 Å². The van der Waals surface area contributed by atoms with Crippen LogP contribution in [0.2, 0.25) is 0 Å². The van der Waals surface area contributed by atoms with Gasteiger partial charge in [0.15, 0.2) is 0 Å². The molecular formula is C10H9FO2. The fourth-order valence-electron chi connectivity index (χ4n) is 0.916. The summed E-state index contributed by atoms with van der Waals surface area (Å²) in [4.78, 5) is 10.1. The van der Waals surface area contributed by atoms with Gasteiger partial charge in [-0.1, -0.05) is 18.2 Å². The van der Waals surface area contributed by atoms with Crippen LogP contribution >= 0.6 is 0 Å². The number of benzene rings is 1. The third kappa shape index (κ3) is 3.51. The summed E-state index contributed by atoms with van der Waals surface area (Å²) in [5.41, 5.74) is 0.888. The molecule has 0 atom stereocenters. The Bertz CT molecular complexity index is 314. The maximum absolute atomic E-state index is 12.4. The molecule has 1 aromatic rings. The molecule has 3 heteroatoms. The predicted molar refractivity (Wildman–Crippen MR) is 46.9 cm³/mol. The summed E-state index contributed by atoms with van der Waals surface area (Å²) in [5.74, 6) is -1.26. The summed E-state index contributed by atoms with van der Waals surface area (Å²) in [6, 6.07) is 5.96. The van der Waals surface area contributed by atoms with Crippen LogP contribution in [0.1, 0.15) is 5.56 Å². The zero-order valence-corrected chi connectivity index (χ0v) is 6.90. The highest BCUT2D eigenvalue weighted by Crippen LogP contribution is 2.03. The monoisotopic (exact) mass is 180 g/mol. The van der Waals surface area contributed by atoms with Crippen LogP contribution in [0.15, 0.2) is 36.4 Å². The number of hydrogen-bond acceptors (Lipinski definition) is 1. The van der Waals surface area contributed by atoms with E-state index in [-0.39, 0.29) is 5.82 Å². The summed E-state index contributed by atoms with van der Waals surface area (Å²) < 4.78 is 12.4. The lowest BCUT2D eigenvalue weighted by Crippen LogP contribution is -1.87. The SMILES string of the molecule is O=C(O)/C=C/Cc1ccc(F)cc1. The van der Waals surface area contributed by atoms with Crippen molar-refractivity contribution in [1.82, 2.24) is 0 Å². The first-order valence-corrected chi connectivity index (χ1v) is 3.82. The molecule has 0 radical (unpaired) electrons. The molecule has 0 spiro atoms. The van der Waals surface area contributed by atoms with Gasteiger partial charge in [0, 0.05) is 6.08 Å². The molecule has 0 bridgehead atoms. The fourth-order valence-corrected chi connectivity index (χ4v) is 0.916. The van der Waals surface area contributed by atoms with Crippen molar-refractivity contribution in [3.05, 3.63) is 47.8 Å². The van der Waals surface area contributed by atoms with Gasteiger partial charge in [-0.2, -0.15) is 0 Å². The number of rotatable bonds is 3. The summed E-state index contributed by atoms with van der Waals surface area (Å²) in [6.07, 6.45) is 3.10. The van der Waals surface area contributed by atoms with Crippen LogP contribution in [-0.4, -0.2) is 11.1 Å². The second kappa shape index (κ2) is 4.40. The Balaban J connectivity index is 2.55. The Morgan fingerprint density at radius 1 is 1.38 bits per heavy atom. The smallest absolute Gasteiger partial charge is 0.327 e. The van der Waals surface area contributed by atoms with Crippen molar-refractivity contribution in [3.63, 3.8) is 0 Å². The van der Waals surface area contributed by atoms with Gasteiger partial charge < -0.3 is 5.11 Å². The molecule has 0 saturated carbocycles. The molecule has 0 heterocycles. The lowest BCUT2D eigenvalue weighted by molar-refractivity contribution is -0.131. The number of carboxylic acid groups (broad SMARTS) is 1. The minimum atomic E-state index is -0.970. The first-order valence-electron chi connectivity index (χ1n) is 3.82. The third-order valence-corrected chi connectivity index (χ3v) is 1.53. The highest BCUT2D eigenvalue weighted by molar-refractivity contribution is 5.79. The van der Waals surface area contributed by atoms with Crippen molar-refractivity contribution in [3.8, 4) is 0 Å². The molecule has 13 heavy (non-hydrogen) atoms. The largest absolute Gasteiger partial charge is 0.478 e. The molecular weight excluding hydrogens is 171 g/mol. The van der Waals surface area contributed by atoms with E-state index < -0.39 is 5.97 Å². The molecule has 1 aromatic carbocycles. The van der Waals surface area contributed by atoms with Gasteiger partial charge in [0.2, 0.25) is 0 Å². The number of aliphatic carboxylic acids is 1. The van der Waals surface area contributed by atoms with Crippen molar-refractivity contribution in [2.24, 2.45) is 0 Å². The molecule has 0 aromatic heterocycles. The van der Waals surface area contributed by atoms with E-state index in [1.807, 2.05) is 0 Å². The Hall–Kier alpha value is -1.64. The maximum atomic E-state index is 12.4. The molecule has 0 fully saturated rings. The average Bonchev–Trinajstić information content (AvgIpc) is 2.08. The number of hydrogen-bond donors (Lipinski definition) is 1. The van der Waals surface area contributed by atoms with Crippen molar-refractivity contribution < 1.29 is 14.3 Å². The van der Waals surface area contributed by atoms with Gasteiger partial charge in [-0.25, -0.2) is 9.18 Å². The first-order chi connectivity index (χ1) is 6.18.